The number of hydrogen-bond donors (Lipinski definition) is 1. The highest BCUT2D eigenvalue weighted by Crippen LogP contribution is 2.28. The van der Waals surface area contributed by atoms with Gasteiger partial charge in [-0.1, -0.05) is 32.9 Å². The van der Waals surface area contributed by atoms with Crippen molar-refractivity contribution in [3.05, 3.63) is 45.7 Å². The second-order valence-corrected chi connectivity index (χ2v) is 7.67. The number of carbonyl (C=O) groups is 1. The van der Waals surface area contributed by atoms with Crippen LogP contribution < -0.4 is 0 Å². The van der Waals surface area contributed by atoms with Crippen LogP contribution in [0.5, 0.6) is 0 Å². The molecule has 0 amide bonds. The van der Waals surface area contributed by atoms with E-state index in [9.17, 15) is 9.90 Å². The summed E-state index contributed by atoms with van der Waals surface area (Å²) in [6, 6.07) is 8.00. The lowest BCUT2D eigenvalue weighted by Crippen LogP contribution is -2.19. The number of hydrogen-bond acceptors (Lipinski definition) is 4. The van der Waals surface area contributed by atoms with Crippen LogP contribution in [0.2, 0.25) is 0 Å². The van der Waals surface area contributed by atoms with Crippen LogP contribution >= 0.6 is 11.3 Å². The van der Waals surface area contributed by atoms with Crippen LogP contribution in [0, 0.1) is 6.92 Å². The molecule has 0 saturated carbocycles. The molecule has 120 valence electrons. The third kappa shape index (κ3) is 2.86. The summed E-state index contributed by atoms with van der Waals surface area (Å²) >= 11 is 1.23. The third-order valence-corrected chi connectivity index (χ3v) is 4.78. The smallest absolute Gasteiger partial charge is 0.347 e. The molecular weight excluding hydrogens is 310 g/mol. The van der Waals surface area contributed by atoms with Gasteiger partial charge in [0.1, 0.15) is 15.7 Å². The molecule has 0 saturated heterocycles. The number of carboxylic acids is 1. The topological polar surface area (TPSA) is 68.0 Å². The molecular formula is C17H19N3O2S. The highest BCUT2D eigenvalue weighted by Gasteiger charge is 2.24. The first-order valence-corrected chi connectivity index (χ1v) is 8.24. The van der Waals surface area contributed by atoms with Crippen LogP contribution in [0.3, 0.4) is 0 Å². The molecule has 6 heteroatoms. The number of nitrogens with zero attached hydrogens (tertiary/aromatic N) is 3. The molecule has 1 N–H and O–H groups in total. The SMILES string of the molecule is Cc1nc(Cn2c(C(C)(C)C)nc3ccccc32)sc1C(=O)O. The van der Waals surface area contributed by atoms with Gasteiger partial charge in [0.25, 0.3) is 0 Å². The average molecular weight is 329 g/mol. The van der Waals surface area contributed by atoms with E-state index in [0.29, 0.717) is 17.1 Å². The Labute approximate surface area is 138 Å². The predicted molar refractivity (Wildman–Crippen MR) is 91.3 cm³/mol. The number of imidazole rings is 1. The van der Waals surface area contributed by atoms with Crippen molar-refractivity contribution in [2.45, 2.75) is 39.7 Å². The molecule has 0 unspecified atom stereocenters. The van der Waals surface area contributed by atoms with Crippen LogP contribution in [-0.2, 0) is 12.0 Å². The zero-order chi connectivity index (χ0) is 16.8. The van der Waals surface area contributed by atoms with E-state index < -0.39 is 5.97 Å². The standard InChI is InChI=1S/C17H19N3O2S/c1-10-14(15(21)22)23-13(18-10)9-20-12-8-6-5-7-11(12)19-16(20)17(2,3)4/h5-8H,9H2,1-4H3,(H,21,22). The van der Waals surface area contributed by atoms with Gasteiger partial charge >= 0.3 is 5.97 Å². The van der Waals surface area contributed by atoms with Crippen molar-refractivity contribution in [1.82, 2.24) is 14.5 Å². The molecule has 3 rings (SSSR count). The molecule has 0 aliphatic carbocycles. The van der Waals surface area contributed by atoms with Gasteiger partial charge in [0.05, 0.1) is 23.3 Å². The summed E-state index contributed by atoms with van der Waals surface area (Å²) in [5.74, 6) is 0.0567. The van der Waals surface area contributed by atoms with E-state index in [1.54, 1.807) is 6.92 Å². The van der Waals surface area contributed by atoms with E-state index in [2.05, 4.69) is 30.3 Å². The molecule has 3 aromatic rings. The molecule has 0 aliphatic heterocycles. The van der Waals surface area contributed by atoms with E-state index in [1.165, 1.54) is 11.3 Å². The van der Waals surface area contributed by atoms with Crippen LogP contribution in [0.4, 0.5) is 0 Å². The Hall–Kier alpha value is -2.21. The maximum absolute atomic E-state index is 11.2. The first-order chi connectivity index (χ1) is 10.8. The zero-order valence-corrected chi connectivity index (χ0v) is 14.4. The Morgan fingerprint density at radius 3 is 2.57 bits per heavy atom. The number of aromatic carboxylic acids is 1. The number of aryl methyl sites for hydroxylation is 1. The van der Waals surface area contributed by atoms with E-state index in [0.717, 1.165) is 21.9 Å². The second kappa shape index (κ2) is 5.45. The Bertz CT molecular complexity index is 887. The number of benzene rings is 1. The summed E-state index contributed by atoms with van der Waals surface area (Å²) in [6.45, 7) is 8.65. The third-order valence-electron chi connectivity index (χ3n) is 3.65. The normalized spacial score (nSPS) is 12.0. The van der Waals surface area contributed by atoms with E-state index >= 15 is 0 Å². The highest BCUT2D eigenvalue weighted by atomic mass is 32.1. The summed E-state index contributed by atoms with van der Waals surface area (Å²) in [7, 11) is 0. The maximum atomic E-state index is 11.2. The lowest BCUT2D eigenvalue weighted by Gasteiger charge is -2.19. The number of para-hydroxylation sites is 2. The van der Waals surface area contributed by atoms with Crippen molar-refractivity contribution < 1.29 is 9.90 Å². The van der Waals surface area contributed by atoms with Gasteiger partial charge in [0, 0.05) is 5.41 Å². The van der Waals surface area contributed by atoms with Crippen LogP contribution in [0.25, 0.3) is 11.0 Å². The van der Waals surface area contributed by atoms with Crippen LogP contribution in [0.1, 0.15) is 47.0 Å². The molecule has 2 aromatic heterocycles. The summed E-state index contributed by atoms with van der Waals surface area (Å²) in [4.78, 5) is 20.7. The van der Waals surface area contributed by atoms with Gasteiger partial charge in [-0.25, -0.2) is 14.8 Å². The van der Waals surface area contributed by atoms with Crippen molar-refractivity contribution in [3.8, 4) is 0 Å². The summed E-state index contributed by atoms with van der Waals surface area (Å²) in [5.41, 5.74) is 2.45. The number of thiazole rings is 1. The second-order valence-electron chi connectivity index (χ2n) is 6.59. The molecule has 0 aliphatic rings. The number of aromatic nitrogens is 3. The Kier molecular flexibility index (Phi) is 3.72. The van der Waals surface area contributed by atoms with E-state index in [4.69, 9.17) is 4.98 Å². The zero-order valence-electron chi connectivity index (χ0n) is 13.6. The van der Waals surface area contributed by atoms with Crippen molar-refractivity contribution in [2.24, 2.45) is 0 Å². The summed E-state index contributed by atoms with van der Waals surface area (Å²) in [5, 5.41) is 10.00. The monoisotopic (exact) mass is 329 g/mol. The van der Waals surface area contributed by atoms with Crippen molar-refractivity contribution in [3.63, 3.8) is 0 Å². The Morgan fingerprint density at radius 2 is 1.96 bits per heavy atom. The Balaban J connectivity index is 2.12. The number of carboxylic acid groups (broad SMARTS) is 1. The quantitative estimate of drug-likeness (QED) is 0.792. The molecule has 0 fully saturated rings. The van der Waals surface area contributed by atoms with Crippen molar-refractivity contribution in [2.75, 3.05) is 0 Å². The number of fused-ring (bicyclic) bond motifs is 1. The van der Waals surface area contributed by atoms with Gasteiger partial charge in [-0.15, -0.1) is 11.3 Å². The van der Waals surface area contributed by atoms with Gasteiger partial charge in [0.2, 0.25) is 0 Å². The minimum absolute atomic E-state index is 0.110. The highest BCUT2D eigenvalue weighted by molar-refractivity contribution is 7.13. The molecule has 0 radical (unpaired) electrons. The average Bonchev–Trinajstić information content (AvgIpc) is 3.00. The summed E-state index contributed by atoms with van der Waals surface area (Å²) < 4.78 is 2.14. The largest absolute Gasteiger partial charge is 0.477 e. The maximum Gasteiger partial charge on any atom is 0.347 e. The lowest BCUT2D eigenvalue weighted by atomic mass is 9.95. The van der Waals surface area contributed by atoms with Crippen LogP contribution in [0.15, 0.2) is 24.3 Å². The van der Waals surface area contributed by atoms with Crippen molar-refractivity contribution in [1.29, 1.82) is 0 Å². The Morgan fingerprint density at radius 1 is 1.26 bits per heavy atom. The first kappa shape index (κ1) is 15.7. The fraction of sp³-hybridized carbons (Fsp3) is 0.353. The first-order valence-electron chi connectivity index (χ1n) is 7.42. The lowest BCUT2D eigenvalue weighted by molar-refractivity contribution is 0.0701. The van der Waals surface area contributed by atoms with Gasteiger partial charge in [-0.05, 0) is 19.1 Å². The van der Waals surface area contributed by atoms with Gasteiger partial charge in [-0.2, -0.15) is 0 Å². The molecule has 23 heavy (non-hydrogen) atoms. The molecule has 5 nitrogen and oxygen atoms in total. The van der Waals surface area contributed by atoms with Gasteiger partial charge in [-0.3, -0.25) is 0 Å². The van der Waals surface area contributed by atoms with Crippen LogP contribution in [-0.4, -0.2) is 25.6 Å². The minimum Gasteiger partial charge on any atom is -0.477 e. The van der Waals surface area contributed by atoms with Gasteiger partial charge in [0.15, 0.2) is 0 Å². The van der Waals surface area contributed by atoms with Gasteiger partial charge < -0.3 is 9.67 Å². The van der Waals surface area contributed by atoms with E-state index in [1.807, 2.05) is 24.3 Å². The molecule has 0 spiro atoms. The summed E-state index contributed by atoms with van der Waals surface area (Å²) in [6.07, 6.45) is 0. The number of rotatable bonds is 3. The molecule has 0 bridgehead atoms. The predicted octanol–water partition coefficient (Wildman–Crippen LogP) is 3.85. The molecule has 2 heterocycles. The van der Waals surface area contributed by atoms with E-state index in [-0.39, 0.29) is 5.41 Å². The van der Waals surface area contributed by atoms with Crippen molar-refractivity contribution >= 4 is 28.3 Å². The fourth-order valence-corrected chi connectivity index (χ4v) is 3.55. The fourth-order valence-electron chi connectivity index (χ4n) is 2.66. The molecule has 1 aromatic carbocycles. The minimum atomic E-state index is -0.919. The molecule has 0 atom stereocenters.